The fourth-order valence-electron chi connectivity index (χ4n) is 13.0. The summed E-state index contributed by atoms with van der Waals surface area (Å²) < 4.78 is 138. The van der Waals surface area contributed by atoms with Crippen LogP contribution in [0.2, 0.25) is 0 Å². The number of guanidine groups is 3. The second-order valence-corrected chi connectivity index (χ2v) is 25.6. The number of aromatic nitrogens is 6. The summed E-state index contributed by atoms with van der Waals surface area (Å²) in [6.07, 6.45) is 3.26. The Morgan fingerprint density at radius 3 is 1.28 bits per heavy atom. The maximum Gasteiger partial charge on any atom is 0.341 e. The van der Waals surface area contributed by atoms with Crippen LogP contribution in [0.25, 0.3) is 50.2 Å². The lowest BCUT2D eigenvalue weighted by Crippen LogP contribution is -2.55. The van der Waals surface area contributed by atoms with Gasteiger partial charge in [0.05, 0.1) is 45.5 Å². The van der Waals surface area contributed by atoms with Crippen molar-refractivity contribution in [2.24, 2.45) is 0 Å². The third-order valence-electron chi connectivity index (χ3n) is 18.6. The summed E-state index contributed by atoms with van der Waals surface area (Å²) in [5.41, 5.74) is -5.87. The van der Waals surface area contributed by atoms with Gasteiger partial charge in [-0.1, -0.05) is 0 Å². The maximum atomic E-state index is 15.9. The zero-order chi connectivity index (χ0) is 77.8. The molecule has 0 atom stereocenters. The highest BCUT2D eigenvalue weighted by atomic mass is 19.2. The molecule has 30 nitrogen and oxygen atoms in total. The molecule has 0 radical (unpaired) electrons. The fourth-order valence-corrected chi connectivity index (χ4v) is 13.0. The van der Waals surface area contributed by atoms with E-state index in [4.69, 9.17) is 32.5 Å². The van der Waals surface area contributed by atoms with E-state index in [0.717, 1.165) is 76.1 Å². The van der Waals surface area contributed by atoms with E-state index in [1.54, 1.807) is 19.6 Å². The van der Waals surface area contributed by atoms with Gasteiger partial charge in [-0.15, -0.1) is 0 Å². The first-order valence-corrected chi connectivity index (χ1v) is 33.9. The molecule has 3 aromatic carbocycles. The van der Waals surface area contributed by atoms with Crippen LogP contribution in [0.4, 0.5) is 57.0 Å². The number of hydrogen-bond donors (Lipinski definition) is 12. The first kappa shape index (κ1) is 75.7. The van der Waals surface area contributed by atoms with Gasteiger partial charge in [0, 0.05) is 154 Å². The fraction of sp³-hybridized carbons (Fsp3) is 0.286. The first-order valence-electron chi connectivity index (χ1n) is 33.9. The second-order valence-electron chi connectivity index (χ2n) is 25.6. The Hall–Kier alpha value is -13.0. The summed E-state index contributed by atoms with van der Waals surface area (Å²) in [5.74, 6) is -13.2. The second kappa shape index (κ2) is 32.0. The van der Waals surface area contributed by atoms with Crippen LogP contribution in [0.15, 0.2) is 112 Å². The van der Waals surface area contributed by atoms with Crippen molar-refractivity contribution in [3.05, 3.63) is 192 Å². The van der Waals surface area contributed by atoms with Gasteiger partial charge in [0.15, 0.2) is 75.2 Å². The van der Waals surface area contributed by atoms with Crippen LogP contribution in [-0.4, -0.2) is 217 Å². The third kappa shape index (κ3) is 16.5. The topological polar surface area (TPSA) is 393 Å². The molecule has 0 saturated carbocycles. The average Bonchev–Trinajstić information content (AvgIpc) is 0.778. The van der Waals surface area contributed by atoms with Crippen molar-refractivity contribution in [2.75, 3.05) is 126 Å². The smallest absolute Gasteiger partial charge is 0.341 e. The number of pyridine rings is 6. The monoisotopic (exact) mass is 1510 g/mol. The van der Waals surface area contributed by atoms with E-state index in [-0.39, 0.29) is 210 Å². The molecule has 9 heterocycles. The zero-order valence-electron chi connectivity index (χ0n) is 57.5. The molecule has 12 N–H and O–H groups in total. The molecule has 109 heavy (non-hydrogen) atoms. The van der Waals surface area contributed by atoms with Crippen molar-refractivity contribution in [2.45, 2.75) is 19.3 Å². The number of anilines is 3. The molecular weight excluding hydrogens is 1450 g/mol. The number of rotatable bonds is 20. The quantitative estimate of drug-likeness (QED) is 0.0245. The molecule has 0 bridgehead atoms. The van der Waals surface area contributed by atoms with E-state index in [2.05, 4.69) is 36.2 Å². The molecule has 0 aliphatic carbocycles. The predicted octanol–water partition coefficient (Wildman–Crippen LogP) is 5.77. The number of nitrogens with one attached hydrogen (secondary N) is 10. The Bertz CT molecular complexity index is 5170. The highest BCUT2D eigenvalue weighted by molar-refractivity contribution is 6.00. The van der Waals surface area contributed by atoms with Crippen LogP contribution in [0, 0.1) is 84.8 Å². The van der Waals surface area contributed by atoms with E-state index < -0.39 is 102 Å². The van der Waals surface area contributed by atoms with E-state index >= 15 is 22.0 Å². The van der Waals surface area contributed by atoms with Gasteiger partial charge < -0.3 is 55.6 Å². The molecule has 0 amide bonds. The molecule has 3 aliphatic heterocycles. The SMILES string of the molecule is N=C(CC(=N)N1CCN(c2nc3c(cc2F)c(=O)c(C(=O)O)cn3-c2ccc(F)cc2F)CC1)NCCN(CCCC(=N)NC(=N)N1CCN(c2nc3c(cc2F)c(=O)ccn3-c2ccc(F)cc2F)CC1)CCNC(=N)NC(=N)N1CCN(c2nc3c(cc2F)c(=O)c(C(=O)O)cn3-c2ccc(F)cc2F)CC1. The van der Waals surface area contributed by atoms with Crippen LogP contribution >= 0.6 is 0 Å². The summed E-state index contributed by atoms with van der Waals surface area (Å²) >= 11 is 0. The number of carbonyl (C=O) groups is 2. The number of fused-ring (bicyclic) bond motifs is 3. The molecule has 3 fully saturated rings. The molecule has 9 aromatic rings. The summed E-state index contributed by atoms with van der Waals surface area (Å²) in [6, 6.07) is 11.6. The minimum absolute atomic E-state index is 0.0122. The molecule has 12 rings (SSSR count). The van der Waals surface area contributed by atoms with E-state index in [1.807, 2.05) is 4.90 Å². The lowest BCUT2D eigenvalue weighted by molar-refractivity contribution is 0.0684. The molecule has 568 valence electrons. The Labute approximate surface area is 610 Å². The first-order chi connectivity index (χ1) is 52.1. The minimum Gasteiger partial charge on any atom is -0.477 e. The number of halogens is 9. The largest absolute Gasteiger partial charge is 0.477 e. The van der Waals surface area contributed by atoms with Crippen molar-refractivity contribution in [3.63, 3.8) is 0 Å². The predicted molar refractivity (Wildman–Crippen MR) is 386 cm³/mol. The molecule has 3 saturated heterocycles. The number of aromatic carboxylic acids is 2. The van der Waals surface area contributed by atoms with Crippen molar-refractivity contribution in [3.8, 4) is 17.1 Å². The average molecular weight is 1510 g/mol. The number of nitrogens with zero attached hydrogens (tertiary/aromatic N) is 13. The molecular formula is C70H68F9N23O7. The zero-order valence-corrected chi connectivity index (χ0v) is 57.5. The molecule has 3 aliphatic rings. The lowest BCUT2D eigenvalue weighted by Gasteiger charge is -2.37. The number of carboxylic acids is 2. The Kier molecular flexibility index (Phi) is 22.2. The third-order valence-corrected chi connectivity index (χ3v) is 18.6. The summed E-state index contributed by atoms with van der Waals surface area (Å²) in [7, 11) is 0. The van der Waals surface area contributed by atoms with Gasteiger partial charge in [0.2, 0.25) is 10.9 Å². The highest BCUT2D eigenvalue weighted by Crippen LogP contribution is 2.30. The van der Waals surface area contributed by atoms with Crippen molar-refractivity contribution < 1.29 is 59.3 Å². The van der Waals surface area contributed by atoms with Crippen LogP contribution in [-0.2, 0) is 0 Å². The van der Waals surface area contributed by atoms with Crippen LogP contribution in [0.3, 0.4) is 0 Å². The van der Waals surface area contributed by atoms with Gasteiger partial charge in [-0.25, -0.2) is 64.1 Å². The number of carboxylic acid groups (broad SMARTS) is 2. The minimum atomic E-state index is -1.68. The van der Waals surface area contributed by atoms with Gasteiger partial charge in [0.1, 0.15) is 57.7 Å². The lowest BCUT2D eigenvalue weighted by atomic mass is 10.1. The number of amidine groups is 3. The van der Waals surface area contributed by atoms with Crippen molar-refractivity contribution in [1.82, 2.24) is 69.5 Å². The van der Waals surface area contributed by atoms with Crippen molar-refractivity contribution >= 4 is 97.9 Å². The van der Waals surface area contributed by atoms with Gasteiger partial charge in [-0.3, -0.25) is 70.8 Å². The van der Waals surface area contributed by atoms with E-state index in [0.29, 0.717) is 31.2 Å². The highest BCUT2D eigenvalue weighted by Gasteiger charge is 2.31. The Morgan fingerprint density at radius 2 is 0.844 bits per heavy atom. The Balaban J connectivity index is 0.650. The molecule has 39 heteroatoms. The van der Waals surface area contributed by atoms with Crippen LogP contribution in [0.1, 0.15) is 40.0 Å². The van der Waals surface area contributed by atoms with Crippen LogP contribution in [0.5, 0.6) is 0 Å². The number of piperazine rings is 3. The standard InChI is InChI=1S/C70H68F9N23O7/c71-37-3-6-51(45(74)28-37)100-13-9-54(103)40-31-48(77)63(89-60(40)100)96-20-24-98(25-21-96)69(84)88-55(80)2-1-12-93(14-10-86-56(81)34-57(82)94-16-18-95(19-17-94)64-49(78)32-41-58(104)43(66(106)107)35-101(61(41)90-64)52-7-4-38(72)29-46(52)75)15-11-87-68(83)92-70(85)99-26-22-97(23-27-99)65-50(79)33-42-59(105)44(67(108)109)36-102(62(42)91-65)53-8-5-39(73)30-47(53)76/h3-9,13,28-33,35-36,82H,1-2,10-12,14-27,34H2,(H2,81,86)(H,106,107)(H,108,109)(H3,80,84,88)(H4,83,85,87,92). The van der Waals surface area contributed by atoms with Gasteiger partial charge in [0.25, 0.3) is 0 Å². The van der Waals surface area contributed by atoms with Gasteiger partial charge >= 0.3 is 11.9 Å². The van der Waals surface area contributed by atoms with Gasteiger partial charge in [-0.2, -0.15) is 0 Å². The van der Waals surface area contributed by atoms with Crippen LogP contribution < -0.4 is 52.3 Å². The Morgan fingerprint density at radius 1 is 0.450 bits per heavy atom. The molecule has 0 spiro atoms. The molecule has 6 aromatic heterocycles. The van der Waals surface area contributed by atoms with Crippen molar-refractivity contribution in [1.29, 1.82) is 32.5 Å². The summed E-state index contributed by atoms with van der Waals surface area (Å²) in [5, 5.41) is 82.8. The summed E-state index contributed by atoms with van der Waals surface area (Å²) in [4.78, 5) is 87.9. The van der Waals surface area contributed by atoms with E-state index in [1.165, 1.54) is 26.6 Å². The van der Waals surface area contributed by atoms with E-state index in [9.17, 15) is 51.7 Å². The normalized spacial score (nSPS) is 14.0. The maximum absolute atomic E-state index is 15.9. The van der Waals surface area contributed by atoms with Gasteiger partial charge in [-0.05, 0) is 67.6 Å². The summed E-state index contributed by atoms with van der Waals surface area (Å²) in [6.45, 7) is 2.61. The number of hydrogen-bond acceptors (Lipinski definition) is 18. The number of benzene rings is 3. The molecule has 0 unspecified atom stereocenters.